The number of aliphatic imine (C=N–C) groups is 1. The molecule has 9 heteroatoms. The number of carbonyl (C=O) groups excluding carboxylic acids is 2. The summed E-state index contributed by atoms with van der Waals surface area (Å²) in [7, 11) is 1.65. The molecule has 2 aliphatic heterocycles. The number of fused-ring (bicyclic) bond motifs is 1. The number of nitrogens with one attached hydrogen (secondary N) is 1. The van der Waals surface area contributed by atoms with Gasteiger partial charge in [-0.3, -0.25) is 15.1 Å². The Kier molecular flexibility index (Phi) is 6.09. The Morgan fingerprint density at radius 3 is 2.72 bits per heavy atom. The highest BCUT2D eigenvalue weighted by Gasteiger charge is 2.41. The number of aromatic nitrogens is 1. The van der Waals surface area contributed by atoms with Gasteiger partial charge in [0.15, 0.2) is 5.17 Å². The van der Waals surface area contributed by atoms with Gasteiger partial charge in [-0.1, -0.05) is 11.8 Å². The van der Waals surface area contributed by atoms with E-state index in [9.17, 15) is 9.59 Å². The zero-order valence-corrected chi connectivity index (χ0v) is 18.0. The van der Waals surface area contributed by atoms with Crippen molar-refractivity contribution in [2.45, 2.75) is 34.2 Å². The van der Waals surface area contributed by atoms with Crippen LogP contribution >= 0.6 is 11.8 Å². The molecule has 1 aromatic heterocycles. The van der Waals surface area contributed by atoms with E-state index in [1.54, 1.807) is 27.0 Å². The lowest BCUT2D eigenvalue weighted by atomic mass is 10.1. The van der Waals surface area contributed by atoms with Crippen LogP contribution in [0.2, 0.25) is 0 Å². The summed E-state index contributed by atoms with van der Waals surface area (Å²) in [5, 5.41) is 8.92. The fourth-order valence-corrected chi connectivity index (χ4v) is 4.30. The SMILES string of the molecule is CCOC(=O)C1=C(C)SC2=NC(=O)C(=Cc3cc(C)n(CCOC)c3C)C(=N)N21. The van der Waals surface area contributed by atoms with E-state index in [0.29, 0.717) is 23.2 Å². The van der Waals surface area contributed by atoms with Gasteiger partial charge >= 0.3 is 5.97 Å². The molecule has 0 radical (unpaired) electrons. The smallest absolute Gasteiger partial charge is 0.356 e. The quantitative estimate of drug-likeness (QED) is 0.566. The summed E-state index contributed by atoms with van der Waals surface area (Å²) in [6, 6.07) is 1.96. The minimum absolute atomic E-state index is 0.0749. The lowest BCUT2D eigenvalue weighted by molar-refractivity contribution is -0.139. The number of allylic oxidation sites excluding steroid dienone is 1. The summed E-state index contributed by atoms with van der Waals surface area (Å²) in [6.07, 6.45) is 1.66. The summed E-state index contributed by atoms with van der Waals surface area (Å²) in [5.74, 6) is -1.10. The molecule has 0 saturated carbocycles. The van der Waals surface area contributed by atoms with Gasteiger partial charge in [0.1, 0.15) is 11.5 Å². The van der Waals surface area contributed by atoms with Crippen molar-refractivity contribution in [3.63, 3.8) is 0 Å². The number of rotatable bonds is 6. The Morgan fingerprint density at radius 2 is 2.07 bits per heavy atom. The van der Waals surface area contributed by atoms with Crippen LogP contribution in [0, 0.1) is 19.3 Å². The summed E-state index contributed by atoms with van der Waals surface area (Å²) in [4.78, 5) is 31.2. The summed E-state index contributed by atoms with van der Waals surface area (Å²) < 4.78 is 12.4. The van der Waals surface area contributed by atoms with Crippen molar-refractivity contribution in [3.05, 3.63) is 39.2 Å². The molecular formula is C20H24N4O4S. The zero-order chi connectivity index (χ0) is 21.3. The van der Waals surface area contributed by atoms with Crippen molar-refractivity contribution in [2.75, 3.05) is 20.3 Å². The van der Waals surface area contributed by atoms with Crippen LogP contribution in [0.4, 0.5) is 0 Å². The zero-order valence-electron chi connectivity index (χ0n) is 17.2. The van der Waals surface area contributed by atoms with Crippen molar-refractivity contribution < 1.29 is 19.1 Å². The van der Waals surface area contributed by atoms with E-state index in [1.165, 1.54) is 16.7 Å². The molecule has 0 spiro atoms. The summed E-state index contributed by atoms with van der Waals surface area (Å²) >= 11 is 1.19. The third-order valence-electron chi connectivity index (χ3n) is 4.80. The monoisotopic (exact) mass is 416 g/mol. The standard InChI is InChI=1S/C20H24N4O4S/c1-6-28-19(26)16-13(4)29-20-22-18(25)15(17(21)24(16)20)10-14-9-11(2)23(12(14)3)7-8-27-5/h9-10,21H,6-8H2,1-5H3. The van der Waals surface area contributed by atoms with Crippen LogP contribution in [0.5, 0.6) is 0 Å². The second-order valence-electron chi connectivity index (χ2n) is 6.64. The van der Waals surface area contributed by atoms with Gasteiger partial charge in [-0.25, -0.2) is 4.79 Å². The Bertz CT molecular complexity index is 987. The number of aryl methyl sites for hydroxylation is 1. The van der Waals surface area contributed by atoms with Crippen LogP contribution in [0.25, 0.3) is 6.08 Å². The first-order chi connectivity index (χ1) is 13.8. The highest BCUT2D eigenvalue weighted by atomic mass is 32.2. The number of hydrogen-bond donors (Lipinski definition) is 1. The predicted molar refractivity (Wildman–Crippen MR) is 113 cm³/mol. The van der Waals surface area contributed by atoms with E-state index in [4.69, 9.17) is 14.9 Å². The van der Waals surface area contributed by atoms with Gasteiger partial charge < -0.3 is 14.0 Å². The maximum atomic E-state index is 12.6. The number of nitrogens with zero attached hydrogens (tertiary/aromatic N) is 3. The molecule has 0 fully saturated rings. The molecule has 1 N–H and O–H groups in total. The first-order valence-electron chi connectivity index (χ1n) is 9.25. The predicted octanol–water partition coefficient (Wildman–Crippen LogP) is 2.85. The number of amidine groups is 2. The van der Waals surface area contributed by atoms with Gasteiger partial charge in [0, 0.05) is 29.9 Å². The Morgan fingerprint density at radius 1 is 1.34 bits per heavy atom. The van der Waals surface area contributed by atoms with Crippen LogP contribution < -0.4 is 0 Å². The molecule has 8 nitrogen and oxygen atoms in total. The van der Waals surface area contributed by atoms with Crippen molar-refractivity contribution in [3.8, 4) is 0 Å². The third-order valence-corrected chi connectivity index (χ3v) is 5.76. The molecule has 0 bridgehead atoms. The van der Waals surface area contributed by atoms with Gasteiger partial charge in [-0.15, -0.1) is 0 Å². The van der Waals surface area contributed by atoms with Crippen molar-refractivity contribution in [1.82, 2.24) is 9.47 Å². The molecule has 154 valence electrons. The minimum Gasteiger partial charge on any atom is -0.461 e. The van der Waals surface area contributed by atoms with Crippen molar-refractivity contribution in [1.29, 1.82) is 5.41 Å². The number of thioether (sulfide) groups is 1. The normalized spacial score (nSPS) is 17.9. The Labute approximate surface area is 173 Å². The molecule has 1 amide bonds. The van der Waals surface area contributed by atoms with Crippen molar-refractivity contribution in [2.24, 2.45) is 4.99 Å². The highest BCUT2D eigenvalue weighted by molar-refractivity contribution is 8.17. The van der Waals surface area contributed by atoms with Gasteiger partial charge in [-0.05, 0) is 45.4 Å². The highest BCUT2D eigenvalue weighted by Crippen LogP contribution is 2.38. The molecular weight excluding hydrogens is 392 g/mol. The number of amides is 1. The molecule has 0 aromatic carbocycles. The van der Waals surface area contributed by atoms with E-state index in [2.05, 4.69) is 9.56 Å². The third kappa shape index (κ3) is 3.79. The lowest BCUT2D eigenvalue weighted by Gasteiger charge is -2.25. The first-order valence-corrected chi connectivity index (χ1v) is 10.1. The molecule has 0 saturated heterocycles. The number of ether oxygens (including phenoxy) is 2. The number of methoxy groups -OCH3 is 1. The van der Waals surface area contributed by atoms with Crippen LogP contribution in [0.3, 0.4) is 0 Å². The first kappa shape index (κ1) is 21.1. The molecule has 1 aromatic rings. The topological polar surface area (TPSA) is 97.0 Å². The maximum absolute atomic E-state index is 12.6. The molecule has 29 heavy (non-hydrogen) atoms. The van der Waals surface area contributed by atoms with Crippen LogP contribution in [0.15, 0.2) is 27.2 Å². The molecule has 0 unspecified atom stereocenters. The fraction of sp³-hybridized carbons (Fsp3) is 0.400. The number of carbonyl (C=O) groups is 2. The van der Waals surface area contributed by atoms with E-state index < -0.39 is 11.9 Å². The lowest BCUT2D eigenvalue weighted by Crippen LogP contribution is -2.40. The Hall–Kier alpha value is -2.65. The molecule has 3 rings (SSSR count). The average Bonchev–Trinajstić information content (AvgIpc) is 3.13. The van der Waals surface area contributed by atoms with Crippen molar-refractivity contribution >= 4 is 40.7 Å². The summed E-state index contributed by atoms with van der Waals surface area (Å²) in [5.41, 5.74) is 3.21. The molecule has 2 aliphatic rings. The second kappa shape index (κ2) is 8.38. The van der Waals surface area contributed by atoms with E-state index in [0.717, 1.165) is 17.0 Å². The number of hydrogen-bond acceptors (Lipinski definition) is 6. The van der Waals surface area contributed by atoms with Gasteiger partial charge in [0.25, 0.3) is 5.91 Å². The summed E-state index contributed by atoms with van der Waals surface area (Å²) in [6.45, 7) is 8.92. The van der Waals surface area contributed by atoms with E-state index >= 15 is 0 Å². The molecule has 0 atom stereocenters. The number of esters is 1. The maximum Gasteiger partial charge on any atom is 0.356 e. The average molecular weight is 417 g/mol. The largest absolute Gasteiger partial charge is 0.461 e. The fourth-order valence-electron chi connectivity index (χ4n) is 3.35. The second-order valence-corrected chi connectivity index (χ2v) is 7.82. The van der Waals surface area contributed by atoms with Crippen LogP contribution in [0.1, 0.15) is 30.8 Å². The molecule has 3 heterocycles. The minimum atomic E-state index is -0.529. The van der Waals surface area contributed by atoms with E-state index in [-0.39, 0.29) is 23.7 Å². The van der Waals surface area contributed by atoms with Crippen LogP contribution in [-0.4, -0.2) is 52.7 Å². The van der Waals surface area contributed by atoms with Gasteiger partial charge in [-0.2, -0.15) is 4.99 Å². The molecule has 0 aliphatic carbocycles. The van der Waals surface area contributed by atoms with Gasteiger partial charge in [0.05, 0.1) is 18.8 Å². The van der Waals surface area contributed by atoms with E-state index in [1.807, 2.05) is 19.9 Å². The van der Waals surface area contributed by atoms with Crippen LogP contribution in [-0.2, 0) is 25.6 Å². The van der Waals surface area contributed by atoms with Gasteiger partial charge in [0.2, 0.25) is 0 Å². The Balaban J connectivity index is 2.00.